The topological polar surface area (TPSA) is 52.6 Å². The van der Waals surface area contributed by atoms with Crippen LogP contribution in [0.3, 0.4) is 0 Å². The van der Waals surface area contributed by atoms with Gasteiger partial charge in [0, 0.05) is 32.1 Å². The number of carbonyl (C=O) groups excluding carboxylic acids is 1. The number of hydrogen-bond donors (Lipinski definition) is 2. The number of amides is 1. The van der Waals surface area contributed by atoms with E-state index in [1.807, 2.05) is 30.3 Å². The number of nitrogens with zero attached hydrogens (tertiary/aromatic N) is 1. The van der Waals surface area contributed by atoms with Crippen molar-refractivity contribution in [3.63, 3.8) is 0 Å². The van der Waals surface area contributed by atoms with E-state index in [4.69, 9.17) is 0 Å². The molecule has 0 aromatic heterocycles. The maximum absolute atomic E-state index is 13.2. The Hall–Kier alpha value is -2.17. The van der Waals surface area contributed by atoms with Gasteiger partial charge < -0.3 is 10.4 Å². The van der Waals surface area contributed by atoms with Gasteiger partial charge in [-0.25, -0.2) is 0 Å². The van der Waals surface area contributed by atoms with Crippen molar-refractivity contribution in [1.82, 2.24) is 10.2 Å². The van der Waals surface area contributed by atoms with Crippen LogP contribution in [0.25, 0.3) is 0 Å². The lowest BCUT2D eigenvalue weighted by atomic mass is 9.79. The fraction of sp³-hybridized carbons (Fsp3) is 0.500. The molecule has 3 aliphatic rings. The number of aliphatic hydroxyl groups is 1. The summed E-state index contributed by atoms with van der Waals surface area (Å²) in [6.07, 6.45) is 4.03. The lowest BCUT2D eigenvalue weighted by Gasteiger charge is -2.33. The van der Waals surface area contributed by atoms with Crippen LogP contribution in [0.1, 0.15) is 36.8 Å². The second-order valence-corrected chi connectivity index (χ2v) is 9.50. The van der Waals surface area contributed by atoms with Crippen molar-refractivity contribution in [3.8, 4) is 0 Å². The van der Waals surface area contributed by atoms with Crippen molar-refractivity contribution in [1.29, 1.82) is 0 Å². The molecule has 2 aromatic carbocycles. The Balaban J connectivity index is 1.17. The SMILES string of the molecule is O=C(NCC1[C@H]2CN(Cc3ccccc3)C[C@@H]12)[C@](O)(c1ccccc1)C1CCCC1. The Labute approximate surface area is 179 Å². The molecule has 4 nitrogen and oxygen atoms in total. The van der Waals surface area contributed by atoms with Gasteiger partial charge in [-0.3, -0.25) is 9.69 Å². The summed E-state index contributed by atoms with van der Waals surface area (Å²) in [5, 5.41) is 14.7. The molecule has 2 saturated carbocycles. The number of hydrogen-bond acceptors (Lipinski definition) is 3. The van der Waals surface area contributed by atoms with E-state index in [9.17, 15) is 9.90 Å². The predicted octanol–water partition coefficient (Wildman–Crippen LogP) is 3.56. The summed E-state index contributed by atoms with van der Waals surface area (Å²) in [5.74, 6) is 1.74. The average molecular weight is 405 g/mol. The first-order chi connectivity index (χ1) is 14.7. The fourth-order valence-corrected chi connectivity index (χ4v) is 5.94. The second kappa shape index (κ2) is 8.16. The molecular weight excluding hydrogens is 372 g/mol. The Bertz CT molecular complexity index is 853. The van der Waals surface area contributed by atoms with Crippen molar-refractivity contribution in [2.24, 2.45) is 23.7 Å². The number of piperidine rings is 1. The summed E-state index contributed by atoms with van der Waals surface area (Å²) >= 11 is 0. The molecule has 2 aliphatic carbocycles. The van der Waals surface area contributed by atoms with Crippen molar-refractivity contribution in [2.75, 3.05) is 19.6 Å². The van der Waals surface area contributed by atoms with Gasteiger partial charge in [0.05, 0.1) is 0 Å². The highest BCUT2D eigenvalue weighted by molar-refractivity contribution is 5.86. The summed E-state index contributed by atoms with van der Waals surface area (Å²) in [5.41, 5.74) is 0.703. The predicted molar refractivity (Wildman–Crippen MR) is 117 cm³/mol. The number of nitrogens with one attached hydrogen (secondary N) is 1. The van der Waals surface area contributed by atoms with Gasteiger partial charge >= 0.3 is 0 Å². The van der Waals surface area contributed by atoms with Crippen LogP contribution in [0.5, 0.6) is 0 Å². The molecule has 1 aliphatic heterocycles. The molecule has 30 heavy (non-hydrogen) atoms. The number of carbonyl (C=O) groups is 1. The zero-order valence-corrected chi connectivity index (χ0v) is 17.5. The molecule has 3 fully saturated rings. The van der Waals surface area contributed by atoms with Gasteiger partial charge in [0.25, 0.3) is 5.91 Å². The number of likely N-dealkylation sites (tertiary alicyclic amines) is 1. The first-order valence-electron chi connectivity index (χ1n) is 11.5. The van der Waals surface area contributed by atoms with Crippen molar-refractivity contribution in [3.05, 3.63) is 71.8 Å². The molecular formula is C26H32N2O2. The van der Waals surface area contributed by atoms with Crippen LogP contribution >= 0.6 is 0 Å². The quantitative estimate of drug-likeness (QED) is 0.742. The second-order valence-electron chi connectivity index (χ2n) is 9.50. The number of rotatable bonds is 7. The van der Waals surface area contributed by atoms with Gasteiger partial charge in [0.1, 0.15) is 0 Å². The van der Waals surface area contributed by atoms with Crippen LogP contribution < -0.4 is 5.32 Å². The number of benzene rings is 2. The Morgan fingerprint density at radius 3 is 2.20 bits per heavy atom. The Morgan fingerprint density at radius 1 is 0.967 bits per heavy atom. The molecule has 5 rings (SSSR count). The first-order valence-corrected chi connectivity index (χ1v) is 11.5. The number of fused-ring (bicyclic) bond motifs is 1. The highest BCUT2D eigenvalue weighted by Gasteiger charge is 2.55. The third-order valence-corrected chi connectivity index (χ3v) is 7.70. The van der Waals surface area contributed by atoms with E-state index in [-0.39, 0.29) is 11.8 Å². The van der Waals surface area contributed by atoms with E-state index in [1.165, 1.54) is 5.56 Å². The summed E-state index contributed by atoms with van der Waals surface area (Å²) in [7, 11) is 0. The van der Waals surface area contributed by atoms with Crippen LogP contribution in [0.2, 0.25) is 0 Å². The summed E-state index contributed by atoms with van der Waals surface area (Å²) in [6, 6.07) is 20.2. The lowest BCUT2D eigenvalue weighted by Crippen LogP contribution is -2.49. The fourth-order valence-electron chi connectivity index (χ4n) is 5.94. The first kappa shape index (κ1) is 19.8. The molecule has 1 heterocycles. The van der Waals surface area contributed by atoms with E-state index < -0.39 is 5.60 Å². The summed E-state index contributed by atoms with van der Waals surface area (Å²) in [4.78, 5) is 15.8. The zero-order chi connectivity index (χ0) is 20.6. The molecule has 1 unspecified atom stereocenters. The highest BCUT2D eigenvalue weighted by Crippen LogP contribution is 2.51. The van der Waals surface area contributed by atoms with Crippen LogP contribution in [-0.2, 0) is 16.9 Å². The minimum atomic E-state index is -1.40. The van der Waals surface area contributed by atoms with Crippen molar-refractivity contribution in [2.45, 2.75) is 37.8 Å². The van der Waals surface area contributed by atoms with Gasteiger partial charge in [0.2, 0.25) is 0 Å². The van der Waals surface area contributed by atoms with E-state index in [2.05, 4.69) is 40.5 Å². The van der Waals surface area contributed by atoms with Crippen molar-refractivity contribution < 1.29 is 9.90 Å². The van der Waals surface area contributed by atoms with Crippen LogP contribution in [-0.4, -0.2) is 35.5 Å². The van der Waals surface area contributed by atoms with Gasteiger partial charge in [0.15, 0.2) is 5.60 Å². The normalized spacial score (nSPS) is 28.1. The standard InChI is InChI=1S/C26H32N2O2/c29-25(26(30,21-13-7-8-14-21)20-11-5-2-6-12-20)27-15-22-23-17-28(18-24(22)23)16-19-9-3-1-4-10-19/h1-6,9-12,21-24,30H,7-8,13-18H2,(H,27,29)/t22?,23-,24+,26-/m0/s1. The minimum absolute atomic E-state index is 0.0139. The molecule has 2 N–H and O–H groups in total. The Kier molecular flexibility index (Phi) is 5.38. The Morgan fingerprint density at radius 2 is 1.57 bits per heavy atom. The monoisotopic (exact) mass is 404 g/mol. The van der Waals surface area contributed by atoms with Gasteiger partial charge in [-0.15, -0.1) is 0 Å². The van der Waals surface area contributed by atoms with E-state index in [0.29, 0.717) is 24.3 Å². The third kappa shape index (κ3) is 3.67. The molecule has 0 bridgehead atoms. The van der Waals surface area contributed by atoms with E-state index in [1.54, 1.807) is 0 Å². The largest absolute Gasteiger partial charge is 0.375 e. The van der Waals surface area contributed by atoms with E-state index >= 15 is 0 Å². The van der Waals surface area contributed by atoms with Gasteiger partial charge in [-0.1, -0.05) is 73.5 Å². The molecule has 0 radical (unpaired) electrons. The van der Waals surface area contributed by atoms with Crippen LogP contribution in [0.4, 0.5) is 0 Å². The third-order valence-electron chi connectivity index (χ3n) is 7.70. The highest BCUT2D eigenvalue weighted by atomic mass is 16.3. The summed E-state index contributed by atoms with van der Waals surface area (Å²) in [6.45, 7) is 3.94. The lowest BCUT2D eigenvalue weighted by molar-refractivity contribution is -0.147. The minimum Gasteiger partial charge on any atom is -0.375 e. The maximum Gasteiger partial charge on any atom is 0.256 e. The van der Waals surface area contributed by atoms with Gasteiger partial charge in [-0.05, 0) is 41.7 Å². The summed E-state index contributed by atoms with van der Waals surface area (Å²) < 4.78 is 0. The molecule has 0 spiro atoms. The average Bonchev–Trinajstić information content (AvgIpc) is 3.17. The molecule has 4 heteroatoms. The van der Waals surface area contributed by atoms with E-state index in [0.717, 1.165) is 50.9 Å². The molecule has 4 atom stereocenters. The molecule has 1 saturated heterocycles. The van der Waals surface area contributed by atoms with Crippen LogP contribution in [0, 0.1) is 23.7 Å². The molecule has 158 valence electrons. The van der Waals surface area contributed by atoms with Crippen molar-refractivity contribution >= 4 is 5.91 Å². The smallest absolute Gasteiger partial charge is 0.256 e. The van der Waals surface area contributed by atoms with Gasteiger partial charge in [-0.2, -0.15) is 0 Å². The molecule has 2 aromatic rings. The van der Waals surface area contributed by atoms with Crippen LogP contribution in [0.15, 0.2) is 60.7 Å². The maximum atomic E-state index is 13.2. The molecule has 1 amide bonds. The zero-order valence-electron chi connectivity index (χ0n) is 17.5.